The van der Waals surface area contributed by atoms with E-state index in [9.17, 15) is 20.0 Å². The fourth-order valence-corrected chi connectivity index (χ4v) is 3.37. The van der Waals surface area contributed by atoms with Gasteiger partial charge in [0, 0.05) is 31.6 Å². The molecule has 1 aliphatic carbocycles. The van der Waals surface area contributed by atoms with E-state index in [4.69, 9.17) is 0 Å². The number of carbonyl (C=O) groups is 1. The summed E-state index contributed by atoms with van der Waals surface area (Å²) in [6.07, 6.45) is 4.14. The Kier molecular flexibility index (Phi) is 6.75. The normalized spacial score (nSPS) is 21.4. The lowest BCUT2D eigenvalue weighted by atomic mass is 9.86. The third-order valence-corrected chi connectivity index (χ3v) is 4.91. The van der Waals surface area contributed by atoms with Gasteiger partial charge in [-0.2, -0.15) is 0 Å². The van der Waals surface area contributed by atoms with Crippen molar-refractivity contribution in [2.24, 2.45) is 5.92 Å². The van der Waals surface area contributed by atoms with Crippen LogP contribution >= 0.6 is 0 Å². The molecular weight excluding hydrogens is 322 g/mol. The Bertz CT molecular complexity index is 608. The van der Waals surface area contributed by atoms with Gasteiger partial charge in [-0.3, -0.25) is 10.1 Å². The summed E-state index contributed by atoms with van der Waals surface area (Å²) in [4.78, 5) is 24.6. The minimum absolute atomic E-state index is 0.0175. The number of aliphatic hydroxyl groups is 1. The van der Waals surface area contributed by atoms with E-state index in [1.807, 2.05) is 6.92 Å². The predicted molar refractivity (Wildman–Crippen MR) is 95.3 cm³/mol. The molecule has 0 bridgehead atoms. The molecule has 1 aliphatic rings. The zero-order valence-electron chi connectivity index (χ0n) is 14.9. The van der Waals surface area contributed by atoms with Crippen molar-refractivity contribution < 1.29 is 14.8 Å². The lowest BCUT2D eigenvalue weighted by Crippen LogP contribution is -2.44. The average molecular weight is 349 g/mol. The first-order valence-corrected chi connectivity index (χ1v) is 8.86. The maximum Gasteiger partial charge on any atom is 0.317 e. The first-order chi connectivity index (χ1) is 11.9. The van der Waals surface area contributed by atoms with Crippen molar-refractivity contribution in [3.05, 3.63) is 39.9 Å². The van der Waals surface area contributed by atoms with Gasteiger partial charge in [0.1, 0.15) is 0 Å². The molecular formula is C18H27N3O4. The minimum Gasteiger partial charge on any atom is -0.393 e. The maximum atomic E-state index is 12.5. The van der Waals surface area contributed by atoms with Crippen molar-refractivity contribution in [3.63, 3.8) is 0 Å². The molecule has 7 heteroatoms. The number of aliphatic hydroxyl groups excluding tert-OH is 1. The van der Waals surface area contributed by atoms with Crippen LogP contribution in [0.1, 0.15) is 50.6 Å². The molecule has 1 aromatic rings. The number of nitro benzene ring substituents is 1. The molecule has 0 aromatic heterocycles. The first kappa shape index (κ1) is 19.2. The van der Waals surface area contributed by atoms with Crippen molar-refractivity contribution in [1.82, 2.24) is 10.2 Å². The largest absolute Gasteiger partial charge is 0.393 e. The van der Waals surface area contributed by atoms with Gasteiger partial charge in [0.25, 0.3) is 5.69 Å². The molecule has 2 rings (SSSR count). The molecule has 0 unspecified atom stereocenters. The van der Waals surface area contributed by atoms with Crippen LogP contribution in [0.5, 0.6) is 0 Å². The van der Waals surface area contributed by atoms with Gasteiger partial charge < -0.3 is 15.3 Å². The zero-order chi connectivity index (χ0) is 18.4. The van der Waals surface area contributed by atoms with Gasteiger partial charge in [0.2, 0.25) is 0 Å². The van der Waals surface area contributed by atoms with Crippen molar-refractivity contribution >= 4 is 11.7 Å². The molecule has 25 heavy (non-hydrogen) atoms. The van der Waals surface area contributed by atoms with Crippen LogP contribution in [0.15, 0.2) is 24.3 Å². The number of nitro groups is 1. The number of non-ortho nitro benzene ring substituents is 1. The van der Waals surface area contributed by atoms with Crippen LogP contribution < -0.4 is 5.32 Å². The third kappa shape index (κ3) is 5.16. The summed E-state index contributed by atoms with van der Waals surface area (Å²) < 4.78 is 0. The summed E-state index contributed by atoms with van der Waals surface area (Å²) in [7, 11) is 1.72. The molecule has 0 radical (unpaired) electrons. The van der Waals surface area contributed by atoms with Gasteiger partial charge in [-0.1, -0.05) is 31.9 Å². The van der Waals surface area contributed by atoms with Crippen molar-refractivity contribution in [1.29, 1.82) is 0 Å². The van der Waals surface area contributed by atoms with E-state index in [0.717, 1.165) is 31.2 Å². The summed E-state index contributed by atoms with van der Waals surface area (Å²) >= 11 is 0. The number of amides is 2. The Labute approximate surface area is 148 Å². The highest BCUT2D eigenvalue weighted by molar-refractivity contribution is 5.74. The van der Waals surface area contributed by atoms with Crippen LogP contribution in [0.3, 0.4) is 0 Å². The standard InChI is InChI=1S/C18H27N3O4/c1-3-16(13-8-6-9-15(11-13)21(24)25)19-18(23)20(2)12-14-7-4-5-10-17(14)22/h6,8-9,11,14,16-17,22H,3-5,7,10,12H2,1-2H3,(H,19,23)/t14-,16-,17+/m0/s1. The summed E-state index contributed by atoms with van der Waals surface area (Å²) in [5.74, 6) is 0.113. The fraction of sp³-hybridized carbons (Fsp3) is 0.611. The van der Waals surface area contributed by atoms with Crippen LogP contribution in [-0.2, 0) is 0 Å². The molecule has 1 fully saturated rings. The predicted octanol–water partition coefficient (Wildman–Crippen LogP) is 3.24. The zero-order valence-corrected chi connectivity index (χ0v) is 14.9. The number of urea groups is 1. The van der Waals surface area contributed by atoms with E-state index in [-0.39, 0.29) is 29.8 Å². The highest BCUT2D eigenvalue weighted by atomic mass is 16.6. The molecule has 3 atom stereocenters. The molecule has 138 valence electrons. The molecule has 0 saturated heterocycles. The van der Waals surface area contributed by atoms with Crippen molar-refractivity contribution in [2.75, 3.05) is 13.6 Å². The Hall–Kier alpha value is -2.15. The van der Waals surface area contributed by atoms with E-state index in [0.29, 0.717) is 13.0 Å². The van der Waals surface area contributed by atoms with Gasteiger partial charge in [-0.25, -0.2) is 4.79 Å². The van der Waals surface area contributed by atoms with Crippen LogP contribution in [0, 0.1) is 16.0 Å². The van der Waals surface area contributed by atoms with E-state index in [1.54, 1.807) is 24.1 Å². The van der Waals surface area contributed by atoms with Gasteiger partial charge in [0.15, 0.2) is 0 Å². The van der Waals surface area contributed by atoms with Crippen LogP contribution in [-0.4, -0.2) is 40.7 Å². The van der Waals surface area contributed by atoms with Crippen LogP contribution in [0.4, 0.5) is 10.5 Å². The monoisotopic (exact) mass is 349 g/mol. The quantitative estimate of drug-likeness (QED) is 0.609. The molecule has 0 spiro atoms. The van der Waals surface area contributed by atoms with Gasteiger partial charge in [0.05, 0.1) is 17.1 Å². The third-order valence-electron chi connectivity index (χ3n) is 4.91. The summed E-state index contributed by atoms with van der Waals surface area (Å²) in [5, 5.41) is 23.9. The van der Waals surface area contributed by atoms with Gasteiger partial charge in [-0.05, 0) is 24.8 Å². The minimum atomic E-state index is -0.436. The number of rotatable bonds is 6. The summed E-state index contributed by atoms with van der Waals surface area (Å²) in [5.41, 5.74) is 0.736. The first-order valence-electron chi connectivity index (χ1n) is 8.86. The van der Waals surface area contributed by atoms with Crippen LogP contribution in [0.2, 0.25) is 0 Å². The lowest BCUT2D eigenvalue weighted by molar-refractivity contribution is -0.384. The van der Waals surface area contributed by atoms with Crippen molar-refractivity contribution in [2.45, 2.75) is 51.2 Å². The highest BCUT2D eigenvalue weighted by Gasteiger charge is 2.26. The van der Waals surface area contributed by atoms with Gasteiger partial charge in [-0.15, -0.1) is 0 Å². The molecule has 2 amide bonds. The summed E-state index contributed by atoms with van der Waals surface area (Å²) in [6.45, 7) is 2.44. The molecule has 1 aromatic carbocycles. The Balaban J connectivity index is 1.99. The number of carbonyl (C=O) groups excluding carboxylic acids is 1. The van der Waals surface area contributed by atoms with Crippen molar-refractivity contribution in [3.8, 4) is 0 Å². The smallest absolute Gasteiger partial charge is 0.317 e. The fourth-order valence-electron chi connectivity index (χ4n) is 3.37. The molecule has 0 heterocycles. The second-order valence-electron chi connectivity index (χ2n) is 6.75. The molecule has 7 nitrogen and oxygen atoms in total. The number of nitrogens with one attached hydrogen (secondary N) is 1. The maximum absolute atomic E-state index is 12.5. The Morgan fingerprint density at radius 3 is 2.80 bits per heavy atom. The number of hydrogen-bond acceptors (Lipinski definition) is 4. The molecule has 0 aliphatic heterocycles. The Morgan fingerprint density at radius 2 is 2.16 bits per heavy atom. The second-order valence-corrected chi connectivity index (χ2v) is 6.75. The van der Waals surface area contributed by atoms with E-state index >= 15 is 0 Å². The molecule has 2 N–H and O–H groups in total. The SMILES string of the molecule is CC[C@H](NC(=O)N(C)C[C@@H]1CCCC[C@H]1O)c1cccc([N+](=O)[O-])c1. The summed E-state index contributed by atoms with van der Waals surface area (Å²) in [6, 6.07) is 5.84. The highest BCUT2D eigenvalue weighted by Crippen LogP contribution is 2.25. The molecule has 1 saturated carbocycles. The second kappa shape index (κ2) is 8.80. The lowest BCUT2D eigenvalue weighted by Gasteiger charge is -2.32. The average Bonchev–Trinajstić information content (AvgIpc) is 2.61. The van der Waals surface area contributed by atoms with E-state index in [2.05, 4.69) is 5.32 Å². The van der Waals surface area contributed by atoms with E-state index in [1.165, 1.54) is 12.1 Å². The number of hydrogen-bond donors (Lipinski definition) is 2. The Morgan fingerprint density at radius 1 is 1.44 bits per heavy atom. The number of nitrogens with zero attached hydrogens (tertiary/aromatic N) is 2. The topological polar surface area (TPSA) is 95.7 Å². The van der Waals surface area contributed by atoms with E-state index < -0.39 is 4.92 Å². The van der Waals surface area contributed by atoms with Crippen LogP contribution in [0.25, 0.3) is 0 Å². The van der Waals surface area contributed by atoms with Gasteiger partial charge >= 0.3 is 6.03 Å². The number of benzene rings is 1.